The summed E-state index contributed by atoms with van der Waals surface area (Å²) >= 11 is 11.5. The zero-order valence-electron chi connectivity index (χ0n) is 11.9. The molecule has 20 heavy (non-hydrogen) atoms. The highest BCUT2D eigenvalue weighted by molar-refractivity contribution is 7.71. The van der Waals surface area contributed by atoms with E-state index in [-0.39, 0.29) is 0 Å². The van der Waals surface area contributed by atoms with E-state index in [0.717, 1.165) is 33.7 Å². The molecule has 2 atom stereocenters. The second kappa shape index (κ2) is 5.90. The van der Waals surface area contributed by atoms with Gasteiger partial charge in [-0.1, -0.05) is 37.8 Å². The van der Waals surface area contributed by atoms with Gasteiger partial charge < -0.3 is 9.55 Å². The van der Waals surface area contributed by atoms with Crippen LogP contribution in [0.2, 0.25) is 5.02 Å². The number of fused-ring (bicyclic) bond motifs is 1. The maximum Gasteiger partial charge on any atom is 0.178 e. The molecule has 2 nitrogen and oxygen atoms in total. The molecule has 0 bridgehead atoms. The highest BCUT2D eigenvalue weighted by Crippen LogP contribution is 2.31. The molecule has 0 spiro atoms. The fraction of sp³-hybridized carbons (Fsp3) is 0.562. The van der Waals surface area contributed by atoms with Crippen molar-refractivity contribution >= 4 is 34.9 Å². The first-order valence-electron chi connectivity index (χ1n) is 7.51. The lowest BCUT2D eigenvalue weighted by molar-refractivity contribution is 0.261. The fourth-order valence-corrected chi connectivity index (χ4v) is 3.96. The average Bonchev–Trinajstić information content (AvgIpc) is 2.71. The second-order valence-corrected chi connectivity index (χ2v) is 6.99. The van der Waals surface area contributed by atoms with Crippen LogP contribution in [-0.2, 0) is 6.54 Å². The number of H-pyrrole nitrogens is 1. The van der Waals surface area contributed by atoms with E-state index in [1.54, 1.807) is 0 Å². The SMILES string of the molecule is CC1CCCC(CCn2c(=S)[nH]c3cc(Cl)ccc32)C1. The molecule has 1 aromatic heterocycles. The summed E-state index contributed by atoms with van der Waals surface area (Å²) in [6, 6.07) is 5.95. The van der Waals surface area contributed by atoms with Crippen LogP contribution in [0.4, 0.5) is 0 Å². The van der Waals surface area contributed by atoms with Crippen molar-refractivity contribution < 1.29 is 0 Å². The molecule has 1 heterocycles. The summed E-state index contributed by atoms with van der Waals surface area (Å²) in [5.74, 6) is 1.75. The maximum absolute atomic E-state index is 6.03. The minimum atomic E-state index is 0.752. The predicted octanol–water partition coefficient (Wildman–Crippen LogP) is 5.57. The van der Waals surface area contributed by atoms with Gasteiger partial charge in [-0.15, -0.1) is 0 Å². The van der Waals surface area contributed by atoms with Crippen molar-refractivity contribution in [3.8, 4) is 0 Å². The largest absolute Gasteiger partial charge is 0.331 e. The molecule has 0 amide bonds. The van der Waals surface area contributed by atoms with Gasteiger partial charge in [0.15, 0.2) is 4.77 Å². The summed E-state index contributed by atoms with van der Waals surface area (Å²) in [6.45, 7) is 3.39. The summed E-state index contributed by atoms with van der Waals surface area (Å²) in [4.78, 5) is 3.26. The Morgan fingerprint density at radius 1 is 1.40 bits per heavy atom. The van der Waals surface area contributed by atoms with Crippen molar-refractivity contribution in [3.05, 3.63) is 28.0 Å². The van der Waals surface area contributed by atoms with Crippen LogP contribution < -0.4 is 0 Å². The third-order valence-electron chi connectivity index (χ3n) is 4.54. The number of nitrogens with one attached hydrogen (secondary N) is 1. The monoisotopic (exact) mass is 308 g/mol. The standard InChI is InChI=1S/C16H21ClN2S/c1-11-3-2-4-12(9-11)7-8-19-15-6-5-13(17)10-14(15)18-16(19)20/h5-6,10-12H,2-4,7-9H2,1H3,(H,18,20). The molecule has 4 heteroatoms. The number of aromatic amines is 1. The van der Waals surface area contributed by atoms with Crippen molar-refractivity contribution in [2.24, 2.45) is 11.8 Å². The van der Waals surface area contributed by atoms with Crippen molar-refractivity contribution in [2.45, 2.75) is 45.6 Å². The fourth-order valence-electron chi connectivity index (χ4n) is 3.49. The van der Waals surface area contributed by atoms with E-state index < -0.39 is 0 Å². The average molecular weight is 309 g/mol. The number of rotatable bonds is 3. The van der Waals surface area contributed by atoms with Crippen molar-refractivity contribution in [3.63, 3.8) is 0 Å². The van der Waals surface area contributed by atoms with Gasteiger partial charge in [0.2, 0.25) is 0 Å². The summed E-state index contributed by atoms with van der Waals surface area (Å²) in [5, 5.41) is 0.752. The quantitative estimate of drug-likeness (QED) is 0.735. The van der Waals surface area contributed by atoms with Gasteiger partial charge in [0, 0.05) is 11.6 Å². The van der Waals surface area contributed by atoms with Crippen LogP contribution in [0.3, 0.4) is 0 Å². The van der Waals surface area contributed by atoms with E-state index >= 15 is 0 Å². The minimum Gasteiger partial charge on any atom is -0.331 e. The topological polar surface area (TPSA) is 20.7 Å². The molecule has 1 N–H and O–H groups in total. The Balaban J connectivity index is 1.77. The number of benzene rings is 1. The summed E-state index contributed by atoms with van der Waals surface area (Å²) < 4.78 is 3.03. The summed E-state index contributed by atoms with van der Waals surface area (Å²) in [5.41, 5.74) is 2.21. The lowest BCUT2D eigenvalue weighted by Gasteiger charge is -2.26. The van der Waals surface area contributed by atoms with E-state index in [2.05, 4.69) is 22.5 Å². The van der Waals surface area contributed by atoms with E-state index in [9.17, 15) is 0 Å². The summed E-state index contributed by atoms with van der Waals surface area (Å²) in [6.07, 6.45) is 6.78. The molecule has 2 unspecified atom stereocenters. The van der Waals surface area contributed by atoms with Gasteiger partial charge in [0.05, 0.1) is 11.0 Å². The second-order valence-electron chi connectivity index (χ2n) is 6.17. The van der Waals surface area contributed by atoms with Crippen molar-refractivity contribution in [1.82, 2.24) is 9.55 Å². The van der Waals surface area contributed by atoms with Gasteiger partial charge in [-0.2, -0.15) is 0 Å². The molecule has 1 aromatic carbocycles. The van der Waals surface area contributed by atoms with Crippen LogP contribution in [0.15, 0.2) is 18.2 Å². The molecule has 3 rings (SSSR count). The van der Waals surface area contributed by atoms with E-state index in [4.69, 9.17) is 23.8 Å². The number of halogens is 1. The number of aryl methyl sites for hydroxylation is 1. The molecule has 1 aliphatic rings. The Bertz CT molecular complexity index is 658. The molecule has 1 fully saturated rings. The maximum atomic E-state index is 6.03. The van der Waals surface area contributed by atoms with E-state index in [0.29, 0.717) is 0 Å². The first-order chi connectivity index (χ1) is 9.63. The smallest absolute Gasteiger partial charge is 0.178 e. The summed E-state index contributed by atoms with van der Waals surface area (Å²) in [7, 11) is 0. The lowest BCUT2D eigenvalue weighted by atomic mass is 9.81. The molecule has 0 saturated heterocycles. The molecule has 0 radical (unpaired) electrons. The molecule has 1 aliphatic carbocycles. The van der Waals surface area contributed by atoms with E-state index in [1.165, 1.54) is 37.6 Å². The van der Waals surface area contributed by atoms with E-state index in [1.807, 2.05) is 12.1 Å². The van der Waals surface area contributed by atoms with Crippen molar-refractivity contribution in [2.75, 3.05) is 0 Å². The molecular weight excluding hydrogens is 288 g/mol. The van der Waals surface area contributed by atoms with Crippen LogP contribution in [0.1, 0.15) is 39.0 Å². The van der Waals surface area contributed by atoms with Crippen molar-refractivity contribution in [1.29, 1.82) is 0 Å². The zero-order valence-corrected chi connectivity index (χ0v) is 13.4. The van der Waals surface area contributed by atoms with Crippen LogP contribution >= 0.6 is 23.8 Å². The molecule has 0 aliphatic heterocycles. The minimum absolute atomic E-state index is 0.752. The van der Waals surface area contributed by atoms with Gasteiger partial charge >= 0.3 is 0 Å². The Hall–Kier alpha value is -0.800. The third kappa shape index (κ3) is 2.94. The predicted molar refractivity (Wildman–Crippen MR) is 87.9 cm³/mol. The Labute approximate surface area is 130 Å². The first-order valence-corrected chi connectivity index (χ1v) is 8.30. The first kappa shape index (κ1) is 14.2. The van der Waals surface area contributed by atoms with Gasteiger partial charge in [0.1, 0.15) is 0 Å². The number of imidazole rings is 1. The Kier molecular flexibility index (Phi) is 4.18. The number of hydrogen-bond donors (Lipinski definition) is 1. The number of hydrogen-bond acceptors (Lipinski definition) is 1. The molecular formula is C16H21ClN2S. The van der Waals surface area contributed by atoms with Gasteiger partial charge in [-0.25, -0.2) is 0 Å². The third-order valence-corrected chi connectivity index (χ3v) is 5.10. The Morgan fingerprint density at radius 2 is 2.25 bits per heavy atom. The normalized spacial score (nSPS) is 23.3. The zero-order chi connectivity index (χ0) is 14.1. The highest BCUT2D eigenvalue weighted by atomic mass is 35.5. The molecule has 108 valence electrons. The van der Waals surface area contributed by atoms with Gasteiger partial charge in [-0.05, 0) is 55.1 Å². The van der Waals surface area contributed by atoms with Crippen LogP contribution in [-0.4, -0.2) is 9.55 Å². The molecule has 1 saturated carbocycles. The van der Waals surface area contributed by atoms with Crippen LogP contribution in [0.5, 0.6) is 0 Å². The van der Waals surface area contributed by atoms with Gasteiger partial charge in [-0.3, -0.25) is 0 Å². The van der Waals surface area contributed by atoms with Crippen LogP contribution in [0.25, 0.3) is 11.0 Å². The molecule has 2 aromatic rings. The number of nitrogens with zero attached hydrogens (tertiary/aromatic N) is 1. The lowest BCUT2D eigenvalue weighted by Crippen LogP contribution is -2.15. The highest BCUT2D eigenvalue weighted by Gasteiger charge is 2.19. The van der Waals surface area contributed by atoms with Crippen LogP contribution in [0, 0.1) is 16.6 Å². The Morgan fingerprint density at radius 3 is 3.05 bits per heavy atom. The number of aromatic nitrogens is 2. The van der Waals surface area contributed by atoms with Gasteiger partial charge in [0.25, 0.3) is 0 Å².